The monoisotopic (exact) mass is 589 g/mol. The molecule has 2 aromatic rings. The van der Waals surface area contributed by atoms with Crippen LogP contribution in [0.1, 0.15) is 66.7 Å². The second-order valence-corrected chi connectivity index (χ2v) is 14.7. The van der Waals surface area contributed by atoms with E-state index in [1.165, 1.54) is 4.88 Å². The zero-order chi connectivity index (χ0) is 29.6. The van der Waals surface area contributed by atoms with Gasteiger partial charge in [0.1, 0.15) is 6.61 Å². The molecule has 4 aliphatic carbocycles. The van der Waals surface area contributed by atoms with E-state index in [1.54, 1.807) is 23.5 Å². The SMILES string of the molecule is Cc1cc([C@@H]2O[C@@H]3C[C@H]4[C@@H]5CCC6=CC(=O)C=C[C@]6(C)[C@H]5[C@@H](O)C[C@]4(C)[C@]3(C(=O)CO)O2)sc1Cc1ccc(N)cc1. The van der Waals surface area contributed by atoms with Gasteiger partial charge < -0.3 is 25.4 Å². The first kappa shape index (κ1) is 28.2. The highest BCUT2D eigenvalue weighted by Crippen LogP contribution is 2.70. The number of fused-ring (bicyclic) bond motifs is 7. The van der Waals surface area contributed by atoms with E-state index >= 15 is 0 Å². The lowest BCUT2D eigenvalue weighted by Crippen LogP contribution is -2.63. The summed E-state index contributed by atoms with van der Waals surface area (Å²) in [6.45, 7) is 5.64. The maximum absolute atomic E-state index is 13.8. The van der Waals surface area contributed by atoms with E-state index in [0.29, 0.717) is 12.8 Å². The number of aliphatic hydroxyl groups is 2. The van der Waals surface area contributed by atoms with Gasteiger partial charge in [-0.2, -0.15) is 0 Å². The van der Waals surface area contributed by atoms with Crippen LogP contribution >= 0.6 is 11.3 Å². The van der Waals surface area contributed by atoms with Gasteiger partial charge in [0.15, 0.2) is 23.5 Å². The lowest BCUT2D eigenvalue weighted by Gasteiger charge is -2.59. The molecule has 4 N–H and O–H groups in total. The molecule has 0 radical (unpaired) electrons. The number of nitrogen functional groups attached to an aromatic ring is 1. The zero-order valence-electron chi connectivity index (χ0n) is 24.3. The summed E-state index contributed by atoms with van der Waals surface area (Å²) in [5.74, 6) is -0.220. The molecule has 3 saturated carbocycles. The number of carbonyl (C=O) groups excluding carboxylic acids is 2. The van der Waals surface area contributed by atoms with E-state index in [0.717, 1.165) is 46.5 Å². The molecule has 1 aliphatic heterocycles. The number of rotatable bonds is 5. The second kappa shape index (κ2) is 9.69. The van der Waals surface area contributed by atoms with Crippen molar-refractivity contribution in [1.82, 2.24) is 0 Å². The van der Waals surface area contributed by atoms with Gasteiger partial charge in [-0.3, -0.25) is 9.59 Å². The Balaban J connectivity index is 1.20. The van der Waals surface area contributed by atoms with Gasteiger partial charge in [0.25, 0.3) is 0 Å². The number of anilines is 1. The molecule has 42 heavy (non-hydrogen) atoms. The van der Waals surface area contributed by atoms with E-state index < -0.39 is 41.5 Å². The van der Waals surface area contributed by atoms with Crippen LogP contribution in [0.2, 0.25) is 0 Å². The fourth-order valence-electron chi connectivity index (χ4n) is 9.47. The smallest absolute Gasteiger partial charge is 0.194 e. The van der Waals surface area contributed by atoms with Gasteiger partial charge in [-0.05, 0) is 85.9 Å². The Kier molecular flexibility index (Phi) is 6.50. The molecule has 1 aromatic carbocycles. The van der Waals surface area contributed by atoms with Crippen LogP contribution < -0.4 is 5.73 Å². The first-order valence-corrected chi connectivity index (χ1v) is 15.8. The lowest BCUT2D eigenvalue weighted by atomic mass is 9.46. The van der Waals surface area contributed by atoms with Crippen LogP contribution in [0, 0.1) is 35.5 Å². The molecule has 2 heterocycles. The van der Waals surface area contributed by atoms with E-state index in [2.05, 4.69) is 26.8 Å². The van der Waals surface area contributed by atoms with Crippen LogP contribution in [-0.4, -0.2) is 46.2 Å². The minimum absolute atomic E-state index is 0.00670. The van der Waals surface area contributed by atoms with E-state index in [4.69, 9.17) is 15.2 Å². The lowest BCUT2D eigenvalue weighted by molar-refractivity contribution is -0.200. The average molecular weight is 590 g/mol. The molecule has 4 fully saturated rings. The number of carbonyl (C=O) groups is 2. The molecular weight excluding hydrogens is 550 g/mol. The van der Waals surface area contributed by atoms with Crippen molar-refractivity contribution in [2.75, 3.05) is 12.3 Å². The number of nitrogens with two attached hydrogens (primary N) is 1. The van der Waals surface area contributed by atoms with Gasteiger partial charge in [-0.1, -0.05) is 37.6 Å². The van der Waals surface area contributed by atoms with Crippen LogP contribution in [0.25, 0.3) is 0 Å². The number of Topliss-reactive ketones (excluding diaryl/α,β-unsaturated/α-hetero) is 1. The number of ketones is 2. The summed E-state index contributed by atoms with van der Waals surface area (Å²) < 4.78 is 13.4. The third kappa shape index (κ3) is 3.85. The third-order valence-electron chi connectivity index (χ3n) is 11.4. The summed E-state index contributed by atoms with van der Waals surface area (Å²) in [5.41, 5.74) is 7.53. The Morgan fingerprint density at radius 3 is 2.71 bits per heavy atom. The summed E-state index contributed by atoms with van der Waals surface area (Å²) in [4.78, 5) is 28.1. The Bertz CT molecular complexity index is 1510. The predicted molar refractivity (Wildman–Crippen MR) is 160 cm³/mol. The van der Waals surface area contributed by atoms with Crippen molar-refractivity contribution in [2.45, 2.75) is 77.0 Å². The number of allylic oxidation sites excluding steroid dienone is 4. The first-order valence-electron chi connectivity index (χ1n) is 15.0. The third-order valence-corrected chi connectivity index (χ3v) is 12.7. The first-order chi connectivity index (χ1) is 20.0. The number of aliphatic hydroxyl groups excluding tert-OH is 2. The Morgan fingerprint density at radius 2 is 1.98 bits per heavy atom. The van der Waals surface area contributed by atoms with Crippen molar-refractivity contribution in [3.05, 3.63) is 75.0 Å². The Labute approximate surface area is 250 Å². The summed E-state index contributed by atoms with van der Waals surface area (Å²) in [6.07, 6.45) is 6.83. The minimum Gasteiger partial charge on any atom is -0.399 e. The van der Waals surface area contributed by atoms with Crippen LogP contribution in [-0.2, 0) is 25.5 Å². The molecule has 9 atom stereocenters. The van der Waals surface area contributed by atoms with Crippen LogP contribution in [0.5, 0.6) is 0 Å². The fourth-order valence-corrected chi connectivity index (χ4v) is 10.7. The van der Waals surface area contributed by atoms with E-state index in [-0.39, 0.29) is 29.3 Å². The molecule has 5 aliphatic rings. The van der Waals surface area contributed by atoms with Crippen molar-refractivity contribution >= 4 is 28.6 Å². The largest absolute Gasteiger partial charge is 0.399 e. The molecule has 7 rings (SSSR count). The molecular formula is C34H39NO6S. The van der Waals surface area contributed by atoms with Gasteiger partial charge in [0.2, 0.25) is 0 Å². The number of hydrogen-bond acceptors (Lipinski definition) is 8. The predicted octanol–water partition coefficient (Wildman–Crippen LogP) is 4.83. The maximum Gasteiger partial charge on any atom is 0.194 e. The van der Waals surface area contributed by atoms with Gasteiger partial charge in [0.05, 0.1) is 17.1 Å². The average Bonchev–Trinajstić information content (AvgIpc) is 3.59. The number of benzene rings is 1. The second-order valence-electron chi connectivity index (χ2n) is 13.5. The van der Waals surface area contributed by atoms with E-state index in [9.17, 15) is 19.8 Å². The number of hydrogen-bond donors (Lipinski definition) is 3. The number of aryl methyl sites for hydroxylation is 1. The highest BCUT2D eigenvalue weighted by Gasteiger charge is 2.76. The zero-order valence-corrected chi connectivity index (χ0v) is 25.2. The molecule has 0 amide bonds. The highest BCUT2D eigenvalue weighted by atomic mass is 32.1. The van der Waals surface area contributed by atoms with Gasteiger partial charge in [0, 0.05) is 33.7 Å². The molecule has 1 aromatic heterocycles. The summed E-state index contributed by atoms with van der Waals surface area (Å²) in [7, 11) is 0. The molecule has 222 valence electrons. The number of thiophene rings is 1. The number of ether oxygens (including phenoxy) is 2. The van der Waals surface area contributed by atoms with Crippen molar-refractivity contribution < 1.29 is 29.3 Å². The Morgan fingerprint density at radius 1 is 1.21 bits per heavy atom. The molecule has 0 bridgehead atoms. The highest BCUT2D eigenvalue weighted by molar-refractivity contribution is 7.12. The Hall–Kier alpha value is -2.62. The van der Waals surface area contributed by atoms with Crippen LogP contribution in [0.4, 0.5) is 5.69 Å². The van der Waals surface area contributed by atoms with Crippen LogP contribution in [0.15, 0.2) is 54.1 Å². The van der Waals surface area contributed by atoms with Crippen molar-refractivity contribution in [3.63, 3.8) is 0 Å². The molecule has 8 heteroatoms. The molecule has 1 saturated heterocycles. The summed E-state index contributed by atoms with van der Waals surface area (Å²) in [6, 6.07) is 9.95. The van der Waals surface area contributed by atoms with Crippen molar-refractivity contribution in [2.24, 2.45) is 28.6 Å². The summed E-state index contributed by atoms with van der Waals surface area (Å²) >= 11 is 1.63. The van der Waals surface area contributed by atoms with Gasteiger partial charge >= 0.3 is 0 Å². The van der Waals surface area contributed by atoms with Gasteiger partial charge in [-0.15, -0.1) is 11.3 Å². The minimum atomic E-state index is -1.34. The molecule has 7 nitrogen and oxygen atoms in total. The quantitative estimate of drug-likeness (QED) is 0.428. The fraction of sp³-hybridized carbons (Fsp3) is 0.529. The molecule has 0 spiro atoms. The standard InChI is InChI=1S/C34H39NO6S/c1-18-12-27(42-26(18)13-19-4-7-21(35)8-5-19)31-40-29-15-24-23-9-6-20-14-22(37)10-11-32(20,2)30(23)25(38)16-33(24,3)34(29,41-31)28(39)17-36/h4-5,7-8,10-12,14,23-25,29-31,36,38H,6,9,13,15-17,35H2,1-3H3/t23-,24-,25-,29+,30+,31+,32-,33-,34+/m0/s1. The molecule has 0 unspecified atom stereocenters. The van der Waals surface area contributed by atoms with Crippen molar-refractivity contribution in [1.29, 1.82) is 0 Å². The normalized spacial score (nSPS) is 40.2. The van der Waals surface area contributed by atoms with Crippen LogP contribution in [0.3, 0.4) is 0 Å². The van der Waals surface area contributed by atoms with E-state index in [1.807, 2.05) is 30.3 Å². The van der Waals surface area contributed by atoms with Gasteiger partial charge in [-0.25, -0.2) is 0 Å². The topological polar surface area (TPSA) is 119 Å². The maximum atomic E-state index is 13.8. The summed E-state index contributed by atoms with van der Waals surface area (Å²) in [5, 5.41) is 22.1. The van der Waals surface area contributed by atoms with Crippen molar-refractivity contribution in [3.8, 4) is 0 Å².